The summed E-state index contributed by atoms with van der Waals surface area (Å²) in [6.07, 6.45) is 68.7. The van der Waals surface area contributed by atoms with Gasteiger partial charge in [-0.05, 0) is 49.9 Å². The van der Waals surface area contributed by atoms with Gasteiger partial charge in [0.15, 0.2) is 0 Å². The molecule has 6 heteroatoms. The van der Waals surface area contributed by atoms with Crippen LogP contribution in [-0.4, -0.2) is 26.4 Å². The summed E-state index contributed by atoms with van der Waals surface area (Å²) in [7, 11) is 0. The van der Waals surface area contributed by atoms with E-state index in [9.17, 15) is 0 Å². The van der Waals surface area contributed by atoms with Crippen LogP contribution in [0.25, 0.3) is 21.5 Å². The predicted octanol–water partition coefficient (Wildman–Crippen LogP) is 27.2. The maximum atomic E-state index is 7.36. The Kier molecular flexibility index (Phi) is 47.4. The molecule has 0 N–H and O–H groups in total. The van der Waals surface area contributed by atoms with E-state index in [2.05, 4.69) is 45.9 Å². The Hall–Kier alpha value is -2.04. The van der Waals surface area contributed by atoms with Gasteiger partial charge in [-0.3, -0.25) is 0 Å². The maximum absolute atomic E-state index is 7.36. The Morgan fingerprint density at radius 2 is 0.463 bits per heavy atom. The van der Waals surface area contributed by atoms with Crippen molar-refractivity contribution in [3.63, 3.8) is 0 Å². The van der Waals surface area contributed by atoms with Crippen LogP contribution in [0, 0.1) is 0 Å². The average Bonchev–Trinajstić information content (AvgIpc) is 3.61. The quantitative estimate of drug-likeness (QED) is 0.0417. The van der Waals surface area contributed by atoms with Crippen molar-refractivity contribution >= 4 is 44.7 Å². The first-order valence-electron chi connectivity index (χ1n) is 35.5. The first-order valence-corrected chi connectivity index (χ1v) is 36.3. The van der Waals surface area contributed by atoms with Crippen molar-refractivity contribution in [2.24, 2.45) is 0 Å². The molecule has 0 saturated carbocycles. The molecule has 0 heterocycles. The lowest BCUT2D eigenvalue weighted by atomic mass is 9.98. The SMILES string of the molecule is CCCCCCCCCCCCCCCOc1ccc(OCCCCCCCCCCCCCCC)c2c(OCCCCCCCCCCCCCCC)c3c(Cl)c(Cl)ccc3c(OCCCCCCCCCCCCCCC)c12. The molecular formula is C74H128Cl2O4. The molecule has 0 saturated heterocycles. The molecule has 0 radical (unpaired) electrons. The number of hydrogen-bond acceptors (Lipinski definition) is 4. The normalized spacial score (nSPS) is 11.7. The van der Waals surface area contributed by atoms with Gasteiger partial charge in [-0.25, -0.2) is 0 Å². The molecular weight excluding hydrogens is 1020 g/mol. The topological polar surface area (TPSA) is 36.9 Å². The fraction of sp³-hybridized carbons (Fsp3) is 0.811. The molecule has 80 heavy (non-hydrogen) atoms. The van der Waals surface area contributed by atoms with Crippen LogP contribution in [-0.2, 0) is 0 Å². The third kappa shape index (κ3) is 34.1. The fourth-order valence-electron chi connectivity index (χ4n) is 12.0. The number of rotatable bonds is 60. The Morgan fingerprint density at radius 1 is 0.237 bits per heavy atom. The van der Waals surface area contributed by atoms with E-state index in [1.54, 1.807) is 0 Å². The summed E-state index contributed by atoms with van der Waals surface area (Å²) in [4.78, 5) is 0. The number of ether oxygens (including phenoxy) is 4. The third-order valence-electron chi connectivity index (χ3n) is 17.1. The molecule has 0 amide bonds. The van der Waals surface area contributed by atoms with Crippen molar-refractivity contribution < 1.29 is 18.9 Å². The Balaban J connectivity index is 1.79. The van der Waals surface area contributed by atoms with Crippen molar-refractivity contribution in [1.82, 2.24) is 0 Å². The summed E-state index contributed by atoms with van der Waals surface area (Å²) >= 11 is 14.3. The van der Waals surface area contributed by atoms with E-state index >= 15 is 0 Å². The van der Waals surface area contributed by atoms with Gasteiger partial charge < -0.3 is 18.9 Å². The maximum Gasteiger partial charge on any atom is 0.140 e. The van der Waals surface area contributed by atoms with Gasteiger partial charge in [0.2, 0.25) is 0 Å². The second-order valence-electron chi connectivity index (χ2n) is 24.6. The van der Waals surface area contributed by atoms with Crippen LogP contribution in [0.3, 0.4) is 0 Å². The average molecular weight is 1150 g/mol. The van der Waals surface area contributed by atoms with Crippen LogP contribution < -0.4 is 18.9 Å². The molecule has 0 fully saturated rings. The lowest BCUT2D eigenvalue weighted by Crippen LogP contribution is -2.06. The number of unbranched alkanes of at least 4 members (excludes halogenated alkanes) is 48. The molecule has 0 bridgehead atoms. The van der Waals surface area contributed by atoms with Crippen LogP contribution in [0.2, 0.25) is 10.0 Å². The molecule has 0 aliphatic rings. The highest BCUT2D eigenvalue weighted by molar-refractivity contribution is 6.46. The second-order valence-corrected chi connectivity index (χ2v) is 25.4. The molecule has 3 aromatic carbocycles. The van der Waals surface area contributed by atoms with E-state index in [-0.39, 0.29) is 0 Å². The van der Waals surface area contributed by atoms with Crippen molar-refractivity contribution in [2.75, 3.05) is 26.4 Å². The summed E-state index contributed by atoms with van der Waals surface area (Å²) in [5.41, 5.74) is 0. The van der Waals surface area contributed by atoms with Crippen molar-refractivity contribution in [3.05, 3.63) is 34.3 Å². The van der Waals surface area contributed by atoms with Gasteiger partial charge in [-0.1, -0.05) is 359 Å². The van der Waals surface area contributed by atoms with Gasteiger partial charge in [0.25, 0.3) is 0 Å². The van der Waals surface area contributed by atoms with Crippen molar-refractivity contribution in [2.45, 2.75) is 362 Å². The zero-order valence-electron chi connectivity index (χ0n) is 53.3. The number of hydrogen-bond donors (Lipinski definition) is 0. The van der Waals surface area contributed by atoms with Crippen molar-refractivity contribution in [3.8, 4) is 23.0 Å². The summed E-state index contributed by atoms with van der Waals surface area (Å²) in [6.45, 7) is 11.8. The third-order valence-corrected chi connectivity index (χ3v) is 18.0. The summed E-state index contributed by atoms with van der Waals surface area (Å²) in [5, 5.41) is 4.65. The first kappa shape index (κ1) is 72.2. The molecule has 0 atom stereocenters. The molecule has 0 aliphatic carbocycles. The van der Waals surface area contributed by atoms with Crippen LogP contribution in [0.4, 0.5) is 0 Å². The standard InChI is InChI=1S/C74H128Cl2O4/c1-5-9-13-17-21-25-29-33-37-41-45-49-53-61-77-67-59-60-68(78-62-54-50-46-42-38-34-30-26-22-18-14-10-6-2)71-70(67)73(79-63-55-51-47-43-39-35-31-27-23-19-15-11-7-3)65-57-58-66(75)72(76)69(65)74(71)80-64-56-52-48-44-40-36-32-28-24-20-16-12-8-4/h57-60H,5-56,61-64H2,1-4H3. The monoisotopic (exact) mass is 1150 g/mol. The summed E-state index contributed by atoms with van der Waals surface area (Å²) in [5.74, 6) is 3.22. The smallest absolute Gasteiger partial charge is 0.140 e. The molecule has 0 aromatic heterocycles. The Bertz CT molecular complexity index is 1860. The minimum absolute atomic E-state index is 0.512. The number of fused-ring (bicyclic) bond motifs is 2. The molecule has 0 spiro atoms. The first-order chi connectivity index (χ1) is 39.6. The Morgan fingerprint density at radius 3 is 0.738 bits per heavy atom. The zero-order valence-corrected chi connectivity index (χ0v) is 54.8. The van der Waals surface area contributed by atoms with Gasteiger partial charge in [0.1, 0.15) is 23.0 Å². The highest BCUT2D eigenvalue weighted by atomic mass is 35.5. The minimum Gasteiger partial charge on any atom is -0.493 e. The largest absolute Gasteiger partial charge is 0.493 e. The van der Waals surface area contributed by atoms with Crippen molar-refractivity contribution in [1.29, 1.82) is 0 Å². The fourth-order valence-corrected chi connectivity index (χ4v) is 12.4. The lowest BCUT2D eigenvalue weighted by molar-refractivity contribution is 0.290. The minimum atomic E-state index is 0.512. The lowest BCUT2D eigenvalue weighted by Gasteiger charge is -2.23. The van der Waals surface area contributed by atoms with E-state index in [0.29, 0.717) is 36.5 Å². The number of benzene rings is 3. The van der Waals surface area contributed by atoms with E-state index in [0.717, 1.165) is 83.1 Å². The zero-order chi connectivity index (χ0) is 57.0. The molecule has 3 rings (SSSR count). The molecule has 0 unspecified atom stereocenters. The van der Waals surface area contributed by atoms with E-state index in [1.165, 1.54) is 295 Å². The van der Waals surface area contributed by atoms with Crippen LogP contribution in [0.1, 0.15) is 362 Å². The van der Waals surface area contributed by atoms with Gasteiger partial charge in [0.05, 0.1) is 47.2 Å². The number of halogens is 2. The molecule has 3 aromatic rings. The van der Waals surface area contributed by atoms with Crippen LogP contribution >= 0.6 is 23.2 Å². The Labute approximate surface area is 506 Å². The molecule has 4 nitrogen and oxygen atoms in total. The highest BCUT2D eigenvalue weighted by Gasteiger charge is 2.26. The van der Waals surface area contributed by atoms with Gasteiger partial charge in [-0.2, -0.15) is 0 Å². The summed E-state index contributed by atoms with van der Waals surface area (Å²) < 4.78 is 27.9. The van der Waals surface area contributed by atoms with Crippen LogP contribution in [0.15, 0.2) is 24.3 Å². The predicted molar refractivity (Wildman–Crippen MR) is 356 cm³/mol. The van der Waals surface area contributed by atoms with E-state index < -0.39 is 0 Å². The summed E-state index contributed by atoms with van der Waals surface area (Å²) in [6, 6.07) is 8.29. The molecule has 462 valence electrons. The second kappa shape index (κ2) is 52.5. The van der Waals surface area contributed by atoms with Gasteiger partial charge >= 0.3 is 0 Å². The van der Waals surface area contributed by atoms with Gasteiger partial charge in [0, 0.05) is 10.8 Å². The van der Waals surface area contributed by atoms with Crippen LogP contribution in [0.5, 0.6) is 23.0 Å². The van der Waals surface area contributed by atoms with E-state index in [4.69, 9.17) is 42.1 Å². The highest BCUT2D eigenvalue weighted by Crippen LogP contribution is 2.53. The molecule has 0 aliphatic heterocycles. The van der Waals surface area contributed by atoms with E-state index in [1.807, 2.05) is 6.07 Å². The van der Waals surface area contributed by atoms with Gasteiger partial charge in [-0.15, -0.1) is 0 Å².